The van der Waals surface area contributed by atoms with Crippen LogP contribution in [0.4, 0.5) is 10.2 Å². The highest BCUT2D eigenvalue weighted by Gasteiger charge is 2.18. The summed E-state index contributed by atoms with van der Waals surface area (Å²) in [4.78, 5) is 11.4. The second-order valence-corrected chi connectivity index (χ2v) is 6.70. The van der Waals surface area contributed by atoms with E-state index in [0.717, 1.165) is 0 Å². The standard InChI is InChI=1S/C14H16FN3O4S/c1-9-4-5-10(6-11(9)15)8-23(20,21)17-13-7-12(14(19)22-3)16-18(13)2/h4-7,17H,8H2,1-3H3. The van der Waals surface area contributed by atoms with Gasteiger partial charge < -0.3 is 4.74 Å². The Balaban J connectivity index is 2.19. The molecule has 0 bridgehead atoms. The van der Waals surface area contributed by atoms with Crippen LogP contribution in [0.25, 0.3) is 0 Å². The van der Waals surface area contributed by atoms with E-state index in [1.165, 1.54) is 37.0 Å². The van der Waals surface area contributed by atoms with Crippen LogP contribution in [0.1, 0.15) is 21.6 Å². The van der Waals surface area contributed by atoms with E-state index in [9.17, 15) is 17.6 Å². The van der Waals surface area contributed by atoms with Gasteiger partial charge in [-0.15, -0.1) is 0 Å². The minimum Gasteiger partial charge on any atom is -0.464 e. The molecule has 0 amide bonds. The van der Waals surface area contributed by atoms with Crippen LogP contribution >= 0.6 is 0 Å². The topological polar surface area (TPSA) is 90.3 Å². The normalized spacial score (nSPS) is 11.3. The van der Waals surface area contributed by atoms with Crippen LogP contribution in [0.3, 0.4) is 0 Å². The fourth-order valence-electron chi connectivity index (χ4n) is 1.91. The minimum absolute atomic E-state index is 0.0194. The number of anilines is 1. The number of aryl methyl sites for hydroxylation is 2. The molecule has 0 unspecified atom stereocenters. The highest BCUT2D eigenvalue weighted by atomic mass is 32.2. The Bertz CT molecular complexity index is 846. The molecule has 1 aromatic heterocycles. The van der Waals surface area contributed by atoms with Crippen LogP contribution < -0.4 is 4.72 Å². The summed E-state index contributed by atoms with van der Waals surface area (Å²) in [6.07, 6.45) is 0. The van der Waals surface area contributed by atoms with Crippen LogP contribution in [0.2, 0.25) is 0 Å². The van der Waals surface area contributed by atoms with Gasteiger partial charge in [0.2, 0.25) is 10.0 Å². The summed E-state index contributed by atoms with van der Waals surface area (Å²) in [5, 5.41) is 3.85. The number of carbonyl (C=O) groups is 1. The van der Waals surface area contributed by atoms with E-state index in [2.05, 4.69) is 14.6 Å². The lowest BCUT2D eigenvalue weighted by Gasteiger charge is -2.08. The lowest BCUT2D eigenvalue weighted by atomic mass is 10.2. The van der Waals surface area contributed by atoms with Crippen LogP contribution in [-0.4, -0.2) is 31.3 Å². The number of hydrogen-bond donors (Lipinski definition) is 1. The van der Waals surface area contributed by atoms with Crippen molar-refractivity contribution in [2.45, 2.75) is 12.7 Å². The Kier molecular flexibility index (Phi) is 4.69. The average Bonchev–Trinajstić information content (AvgIpc) is 2.82. The largest absolute Gasteiger partial charge is 0.464 e. The van der Waals surface area contributed by atoms with Crippen LogP contribution in [0.5, 0.6) is 0 Å². The second kappa shape index (κ2) is 6.37. The van der Waals surface area contributed by atoms with Crippen LogP contribution in [-0.2, 0) is 27.6 Å². The monoisotopic (exact) mass is 341 g/mol. The van der Waals surface area contributed by atoms with Crippen LogP contribution in [0.15, 0.2) is 24.3 Å². The fourth-order valence-corrected chi connectivity index (χ4v) is 3.11. The van der Waals surface area contributed by atoms with Crippen molar-refractivity contribution in [2.75, 3.05) is 11.8 Å². The number of ether oxygens (including phenoxy) is 1. The predicted octanol–water partition coefficient (Wildman–Crippen LogP) is 1.60. The molecular weight excluding hydrogens is 325 g/mol. The maximum absolute atomic E-state index is 13.5. The van der Waals surface area contributed by atoms with Gasteiger partial charge >= 0.3 is 5.97 Å². The zero-order chi connectivity index (χ0) is 17.2. The molecule has 1 N–H and O–H groups in total. The number of hydrogen-bond acceptors (Lipinski definition) is 5. The number of nitrogens with one attached hydrogen (secondary N) is 1. The fraction of sp³-hybridized carbons (Fsp3) is 0.286. The molecule has 0 saturated heterocycles. The number of esters is 1. The summed E-state index contributed by atoms with van der Waals surface area (Å²) < 4.78 is 45.9. The third-order valence-electron chi connectivity index (χ3n) is 3.13. The zero-order valence-corrected chi connectivity index (χ0v) is 13.6. The Morgan fingerprint density at radius 3 is 2.70 bits per heavy atom. The molecule has 0 aliphatic rings. The molecule has 2 aromatic rings. The van der Waals surface area contributed by atoms with Crippen molar-refractivity contribution in [3.8, 4) is 0 Å². The molecule has 0 aliphatic carbocycles. The minimum atomic E-state index is -3.79. The molecule has 0 spiro atoms. The van der Waals surface area contributed by atoms with E-state index in [1.54, 1.807) is 13.0 Å². The number of halogens is 1. The summed E-state index contributed by atoms with van der Waals surface area (Å²) in [7, 11) is -1.11. The quantitative estimate of drug-likeness (QED) is 0.834. The predicted molar refractivity (Wildman–Crippen MR) is 81.9 cm³/mol. The molecule has 23 heavy (non-hydrogen) atoms. The first-order valence-corrected chi connectivity index (χ1v) is 8.25. The summed E-state index contributed by atoms with van der Waals surface area (Å²) in [5.74, 6) is -1.43. The van der Waals surface area contributed by atoms with Gasteiger partial charge in [0.15, 0.2) is 5.69 Å². The Hall–Kier alpha value is -2.42. The van der Waals surface area contributed by atoms with Gasteiger partial charge in [-0.3, -0.25) is 9.40 Å². The Labute approximate surface area is 133 Å². The number of sulfonamides is 1. The zero-order valence-electron chi connectivity index (χ0n) is 12.8. The molecule has 2 rings (SSSR count). The smallest absolute Gasteiger partial charge is 0.358 e. The van der Waals surface area contributed by atoms with Crippen molar-refractivity contribution in [1.29, 1.82) is 0 Å². The first-order valence-electron chi connectivity index (χ1n) is 6.59. The van der Waals surface area contributed by atoms with E-state index < -0.39 is 27.6 Å². The van der Waals surface area contributed by atoms with Crippen molar-refractivity contribution in [1.82, 2.24) is 9.78 Å². The van der Waals surface area contributed by atoms with Gasteiger partial charge in [0.1, 0.15) is 11.6 Å². The van der Waals surface area contributed by atoms with Crippen molar-refractivity contribution in [3.05, 3.63) is 46.9 Å². The van der Waals surface area contributed by atoms with E-state index in [1.807, 2.05) is 0 Å². The first kappa shape index (κ1) is 16.9. The molecule has 0 fully saturated rings. The molecule has 124 valence electrons. The summed E-state index contributed by atoms with van der Waals surface area (Å²) in [6, 6.07) is 5.50. The van der Waals surface area contributed by atoms with E-state index in [-0.39, 0.29) is 11.5 Å². The Morgan fingerprint density at radius 1 is 1.39 bits per heavy atom. The number of nitrogens with zero attached hydrogens (tertiary/aromatic N) is 2. The molecule has 1 heterocycles. The number of rotatable bonds is 5. The highest BCUT2D eigenvalue weighted by molar-refractivity contribution is 7.91. The molecule has 7 nitrogen and oxygen atoms in total. The van der Waals surface area contributed by atoms with Gasteiger partial charge in [-0.05, 0) is 24.1 Å². The molecule has 0 saturated carbocycles. The molecule has 0 radical (unpaired) electrons. The van der Waals surface area contributed by atoms with Crippen molar-refractivity contribution < 1.29 is 22.3 Å². The molecule has 9 heteroatoms. The highest BCUT2D eigenvalue weighted by Crippen LogP contribution is 2.16. The van der Waals surface area contributed by atoms with Gasteiger partial charge in [0.25, 0.3) is 0 Å². The lowest BCUT2D eigenvalue weighted by Crippen LogP contribution is -2.17. The first-order chi connectivity index (χ1) is 10.7. The SMILES string of the molecule is COC(=O)c1cc(NS(=O)(=O)Cc2ccc(C)c(F)c2)n(C)n1. The average molecular weight is 341 g/mol. The number of carbonyl (C=O) groups excluding carboxylic acids is 1. The Morgan fingerprint density at radius 2 is 2.09 bits per heavy atom. The van der Waals surface area contributed by atoms with Crippen molar-refractivity contribution in [3.63, 3.8) is 0 Å². The van der Waals surface area contributed by atoms with Gasteiger partial charge in [-0.25, -0.2) is 17.6 Å². The second-order valence-electron chi connectivity index (χ2n) is 4.97. The number of methoxy groups -OCH3 is 1. The number of aromatic nitrogens is 2. The molecule has 0 aliphatic heterocycles. The molecule has 1 aromatic carbocycles. The van der Waals surface area contributed by atoms with Gasteiger partial charge in [0, 0.05) is 13.1 Å². The maximum Gasteiger partial charge on any atom is 0.358 e. The molecule has 0 atom stereocenters. The van der Waals surface area contributed by atoms with Crippen molar-refractivity contribution in [2.24, 2.45) is 7.05 Å². The van der Waals surface area contributed by atoms with Gasteiger partial charge in [0.05, 0.1) is 12.9 Å². The van der Waals surface area contributed by atoms with Crippen molar-refractivity contribution >= 4 is 21.8 Å². The van der Waals surface area contributed by atoms with E-state index in [4.69, 9.17) is 0 Å². The summed E-state index contributed by atoms with van der Waals surface area (Å²) >= 11 is 0. The lowest BCUT2D eigenvalue weighted by molar-refractivity contribution is 0.0593. The van der Waals surface area contributed by atoms with Gasteiger partial charge in [-0.1, -0.05) is 12.1 Å². The van der Waals surface area contributed by atoms with E-state index >= 15 is 0 Å². The van der Waals surface area contributed by atoms with Crippen LogP contribution in [0, 0.1) is 12.7 Å². The van der Waals surface area contributed by atoms with Gasteiger partial charge in [-0.2, -0.15) is 5.10 Å². The summed E-state index contributed by atoms with van der Waals surface area (Å²) in [6.45, 7) is 1.59. The van der Waals surface area contributed by atoms with E-state index in [0.29, 0.717) is 11.1 Å². The third-order valence-corrected chi connectivity index (χ3v) is 4.36. The third kappa shape index (κ3) is 4.07. The summed E-state index contributed by atoms with van der Waals surface area (Å²) in [5.41, 5.74) is 0.735. The maximum atomic E-state index is 13.5. The molecular formula is C14H16FN3O4S. The number of benzene rings is 1.